The van der Waals surface area contributed by atoms with Crippen molar-refractivity contribution in [3.05, 3.63) is 99.8 Å². The molecule has 0 radical (unpaired) electrons. The zero-order valence-corrected chi connectivity index (χ0v) is 15.0. The van der Waals surface area contributed by atoms with Crippen molar-refractivity contribution >= 4 is 17.9 Å². The van der Waals surface area contributed by atoms with Gasteiger partial charge in [-0.1, -0.05) is 36.4 Å². The van der Waals surface area contributed by atoms with Gasteiger partial charge < -0.3 is 0 Å². The molecule has 0 aliphatic heterocycles. The Bertz CT molecular complexity index is 1150. The maximum atomic E-state index is 11.0. The molecule has 0 spiro atoms. The van der Waals surface area contributed by atoms with Gasteiger partial charge in [-0.25, -0.2) is 0 Å². The third kappa shape index (κ3) is 3.16. The average Bonchev–Trinajstić information content (AvgIpc) is 3.06. The molecule has 6 nitrogen and oxygen atoms in total. The largest absolute Gasteiger partial charge is 0.329 e. The number of rotatable bonds is 4. The van der Waals surface area contributed by atoms with E-state index in [0.29, 0.717) is 4.77 Å². The second-order valence-electron chi connectivity index (χ2n) is 5.89. The Hall–Kier alpha value is -3.58. The molecule has 1 heterocycles. The van der Waals surface area contributed by atoms with Gasteiger partial charge in [0.25, 0.3) is 11.5 Å². The normalized spacial score (nSPS) is 10.7. The van der Waals surface area contributed by atoms with Crippen LogP contribution in [0.4, 0.5) is 5.69 Å². The highest BCUT2D eigenvalue weighted by Crippen LogP contribution is 2.23. The van der Waals surface area contributed by atoms with Gasteiger partial charge in [0.2, 0.25) is 0 Å². The molecule has 7 heteroatoms. The molecule has 4 aromatic rings. The molecular formula is C20H15N4O2S+. The fourth-order valence-electron chi connectivity index (χ4n) is 2.97. The summed E-state index contributed by atoms with van der Waals surface area (Å²) in [5, 5.41) is 14.2. The van der Waals surface area contributed by atoms with E-state index in [9.17, 15) is 10.1 Å². The molecule has 0 aliphatic carbocycles. The topological polar surface area (TPSA) is 67.7 Å². The van der Waals surface area contributed by atoms with Gasteiger partial charge in [-0.15, -0.1) is 9.78 Å². The Kier molecular flexibility index (Phi) is 4.35. The van der Waals surface area contributed by atoms with E-state index in [1.807, 2.05) is 69.9 Å². The van der Waals surface area contributed by atoms with Crippen LogP contribution in [0.5, 0.6) is 0 Å². The van der Waals surface area contributed by atoms with E-state index < -0.39 is 4.92 Å². The van der Waals surface area contributed by atoms with Crippen molar-refractivity contribution in [2.75, 3.05) is 0 Å². The molecule has 0 saturated carbocycles. The van der Waals surface area contributed by atoms with E-state index in [0.717, 1.165) is 22.8 Å². The van der Waals surface area contributed by atoms with Gasteiger partial charge in [0.1, 0.15) is 11.4 Å². The maximum Gasteiger partial charge on any atom is 0.329 e. The second-order valence-corrected chi connectivity index (χ2v) is 6.27. The van der Waals surface area contributed by atoms with Crippen molar-refractivity contribution < 1.29 is 9.49 Å². The van der Waals surface area contributed by atoms with Gasteiger partial charge in [0.15, 0.2) is 0 Å². The summed E-state index contributed by atoms with van der Waals surface area (Å²) >= 11 is 5.59. The second kappa shape index (κ2) is 6.97. The molecule has 0 bridgehead atoms. The Morgan fingerprint density at radius 3 is 2.07 bits per heavy atom. The standard InChI is InChI=1S/C20H14N4O2S/c25-24(26)18-13-11-15(12-14-18)19-22(16-7-3-1-4-8-16)20(27)21-23(19)17-9-5-2-6-10-17/h1-14H/p+1/i21+1,22+1,23+1. The van der Waals surface area contributed by atoms with Gasteiger partial charge in [-0.05, 0) is 48.6 Å². The molecule has 27 heavy (non-hydrogen) atoms. The Balaban J connectivity index is 2.00. The number of nitro groups is 1. The van der Waals surface area contributed by atoms with Gasteiger partial charge in [0.05, 0.1) is 10.5 Å². The van der Waals surface area contributed by atoms with Crippen molar-refractivity contribution in [2.45, 2.75) is 0 Å². The van der Waals surface area contributed by atoms with Crippen molar-refractivity contribution in [2.24, 2.45) is 0 Å². The van der Waals surface area contributed by atoms with E-state index in [2.05, 4.69) is 5.10 Å². The Morgan fingerprint density at radius 2 is 1.48 bits per heavy atom. The minimum Gasteiger partial charge on any atom is -0.258 e. The predicted octanol–water partition coefficient (Wildman–Crippen LogP) is 4.39. The zero-order valence-electron chi connectivity index (χ0n) is 14.1. The summed E-state index contributed by atoms with van der Waals surface area (Å²) in [5.74, 6) is 0.785. The first-order valence-electron chi connectivity index (χ1n) is 8.28. The van der Waals surface area contributed by atoms with Crippen molar-refractivity contribution in [1.82, 2.24) is 9.78 Å². The lowest BCUT2D eigenvalue weighted by Gasteiger charge is -2.05. The summed E-state index contributed by atoms with van der Waals surface area (Å²) < 4.78 is 4.33. The van der Waals surface area contributed by atoms with Gasteiger partial charge in [-0.2, -0.15) is 4.57 Å². The predicted molar refractivity (Wildman–Crippen MR) is 105 cm³/mol. The van der Waals surface area contributed by atoms with E-state index in [-0.39, 0.29) is 5.69 Å². The van der Waals surface area contributed by atoms with Crippen molar-refractivity contribution in [1.29, 1.82) is 0 Å². The van der Waals surface area contributed by atoms with Gasteiger partial charge in [0, 0.05) is 12.1 Å². The molecule has 0 aliphatic rings. The minimum absolute atomic E-state index is 0.0467. The third-order valence-electron chi connectivity index (χ3n) is 4.20. The van der Waals surface area contributed by atoms with Crippen LogP contribution in [0.1, 0.15) is 0 Å². The van der Waals surface area contributed by atoms with Crippen LogP contribution in [0.2, 0.25) is 0 Å². The maximum absolute atomic E-state index is 11.0. The SMILES string of the molecule is O=[N+]([O-])c1ccc(-c2[15n](-c3ccccc3)[15nH]c(=S)[15n+]2-c2ccccc2)cc1. The van der Waals surface area contributed by atoms with Crippen LogP contribution in [0.3, 0.4) is 0 Å². The van der Waals surface area contributed by atoms with Crippen LogP contribution in [0.15, 0.2) is 84.9 Å². The number of nitrogens with zero attached hydrogens (tertiary/aromatic N) is 3. The Labute approximate surface area is 160 Å². The van der Waals surface area contributed by atoms with Crippen LogP contribution < -0.4 is 4.57 Å². The van der Waals surface area contributed by atoms with Gasteiger partial charge in [-0.3, -0.25) is 10.1 Å². The number of aromatic nitrogens is 3. The van der Waals surface area contributed by atoms with E-state index in [1.54, 1.807) is 12.1 Å². The van der Waals surface area contributed by atoms with Crippen LogP contribution >= 0.6 is 12.2 Å². The summed E-state index contributed by atoms with van der Waals surface area (Å²) in [5.41, 5.74) is 2.67. The fraction of sp³-hybridized carbons (Fsp3) is 0. The number of nitrogens with one attached hydrogen (secondary N) is 1. The minimum atomic E-state index is -0.407. The molecular weight excluding hydrogens is 363 g/mol. The smallest absolute Gasteiger partial charge is 0.258 e. The number of non-ortho nitro benzene ring substituents is 1. The van der Waals surface area contributed by atoms with Crippen molar-refractivity contribution in [3.63, 3.8) is 0 Å². The molecule has 0 atom stereocenters. The van der Waals surface area contributed by atoms with E-state index >= 15 is 0 Å². The number of nitro benzene ring substituents is 1. The summed E-state index contributed by atoms with van der Waals surface area (Å²) in [6, 6.07) is 26.0. The monoisotopic (exact) mass is 378 g/mol. The molecule has 4 rings (SSSR count). The van der Waals surface area contributed by atoms with E-state index in [1.165, 1.54) is 12.1 Å². The highest BCUT2D eigenvalue weighted by Gasteiger charge is 2.24. The molecule has 0 fully saturated rings. The first-order chi connectivity index (χ1) is 13.1. The van der Waals surface area contributed by atoms with Crippen LogP contribution in [0, 0.1) is 14.9 Å². The number of hydrogen-bond donors (Lipinski definition) is 1. The number of aromatic amines is 1. The molecule has 3 aromatic carbocycles. The number of benzene rings is 3. The summed E-state index contributed by atoms with van der Waals surface area (Å²) in [7, 11) is 0. The lowest BCUT2D eigenvalue weighted by atomic mass is 10.2. The number of para-hydroxylation sites is 2. The molecule has 0 unspecified atom stereocenters. The van der Waals surface area contributed by atoms with Crippen LogP contribution in [-0.2, 0) is 0 Å². The first kappa shape index (κ1) is 16.9. The average molecular weight is 378 g/mol. The lowest BCUT2D eigenvalue weighted by molar-refractivity contribution is -0.591. The first-order valence-corrected chi connectivity index (χ1v) is 8.69. The summed E-state index contributed by atoms with van der Waals surface area (Å²) in [6.07, 6.45) is 0. The highest BCUT2D eigenvalue weighted by atomic mass is 32.1. The fourth-order valence-corrected chi connectivity index (χ4v) is 3.25. The lowest BCUT2D eigenvalue weighted by Crippen LogP contribution is -2.33. The van der Waals surface area contributed by atoms with Crippen LogP contribution in [-0.4, -0.2) is 14.7 Å². The molecule has 0 amide bonds. The molecule has 0 saturated heterocycles. The van der Waals surface area contributed by atoms with E-state index in [4.69, 9.17) is 12.2 Å². The molecule has 132 valence electrons. The number of hydrogen-bond acceptors (Lipinski definition) is 3. The van der Waals surface area contributed by atoms with Gasteiger partial charge >= 0.3 is 4.77 Å². The van der Waals surface area contributed by atoms with Crippen LogP contribution in [0.25, 0.3) is 22.8 Å². The summed E-state index contributed by atoms with van der Waals surface area (Å²) in [4.78, 5) is 10.6. The Morgan fingerprint density at radius 1 is 0.889 bits per heavy atom. The number of H-pyrrole nitrogens is 1. The quantitative estimate of drug-likeness (QED) is 0.248. The molecule has 1 N–H and O–H groups in total. The third-order valence-corrected chi connectivity index (χ3v) is 4.47. The molecule has 1 aromatic heterocycles. The summed E-state index contributed by atoms with van der Waals surface area (Å²) in [6.45, 7) is 0. The van der Waals surface area contributed by atoms with Crippen molar-refractivity contribution in [3.8, 4) is 22.8 Å². The highest BCUT2D eigenvalue weighted by molar-refractivity contribution is 7.71. The zero-order chi connectivity index (χ0) is 18.8.